The maximum atomic E-state index is 12.8. The van der Waals surface area contributed by atoms with Crippen LogP contribution in [0.3, 0.4) is 0 Å². The lowest BCUT2D eigenvalue weighted by molar-refractivity contribution is 0.0283. The van der Waals surface area contributed by atoms with E-state index >= 15 is 0 Å². The van der Waals surface area contributed by atoms with Gasteiger partial charge in [-0.3, -0.25) is 4.79 Å². The van der Waals surface area contributed by atoms with E-state index in [2.05, 4.69) is 6.58 Å². The Kier molecular flexibility index (Phi) is 5.48. The number of aliphatic hydroxyl groups excluding tert-OH is 1. The first kappa shape index (κ1) is 16.8. The number of aliphatic hydroxyl groups is 1. The number of hydrogen-bond donors (Lipinski definition) is 1. The highest BCUT2D eigenvalue weighted by atomic mass is 35.5. The van der Waals surface area contributed by atoms with Crippen molar-refractivity contribution >= 4 is 17.5 Å². The van der Waals surface area contributed by atoms with E-state index in [1.807, 2.05) is 6.08 Å². The second-order valence-corrected chi connectivity index (χ2v) is 6.26. The molecule has 1 aliphatic rings. The largest absolute Gasteiger partial charge is 0.496 e. The molecule has 1 saturated heterocycles. The van der Waals surface area contributed by atoms with Crippen molar-refractivity contribution in [3.63, 3.8) is 0 Å². The molecule has 120 valence electrons. The molecule has 0 bridgehead atoms. The molecule has 0 radical (unpaired) electrons. The van der Waals surface area contributed by atoms with Crippen molar-refractivity contribution in [1.82, 2.24) is 4.90 Å². The number of carbonyl (C=O) groups is 1. The second-order valence-electron chi connectivity index (χ2n) is 5.83. The summed E-state index contributed by atoms with van der Waals surface area (Å²) in [5, 5.41) is 10.3. The van der Waals surface area contributed by atoms with Gasteiger partial charge in [-0.2, -0.15) is 0 Å². The normalized spacial score (nSPS) is 21.5. The molecule has 1 atom stereocenters. The molecule has 1 N–H and O–H groups in total. The van der Waals surface area contributed by atoms with E-state index < -0.39 is 0 Å². The van der Waals surface area contributed by atoms with Gasteiger partial charge in [0.2, 0.25) is 0 Å². The summed E-state index contributed by atoms with van der Waals surface area (Å²) in [6.07, 6.45) is 4.28. The van der Waals surface area contributed by atoms with Gasteiger partial charge in [-0.25, -0.2) is 0 Å². The number of likely N-dealkylation sites (tertiary alicyclic amines) is 1. The minimum atomic E-state index is -0.282. The molecule has 4 nitrogen and oxygen atoms in total. The van der Waals surface area contributed by atoms with Crippen molar-refractivity contribution in [2.24, 2.45) is 5.41 Å². The van der Waals surface area contributed by atoms with Crippen molar-refractivity contribution in [1.29, 1.82) is 0 Å². The molecule has 0 saturated carbocycles. The van der Waals surface area contributed by atoms with Crippen LogP contribution in [0.4, 0.5) is 0 Å². The Hall–Kier alpha value is -1.52. The molecule has 1 aliphatic heterocycles. The van der Waals surface area contributed by atoms with Crippen molar-refractivity contribution in [2.45, 2.75) is 19.3 Å². The van der Waals surface area contributed by atoms with Gasteiger partial charge in [-0.15, -0.1) is 6.58 Å². The van der Waals surface area contributed by atoms with Gasteiger partial charge in [0.15, 0.2) is 0 Å². The number of ether oxygens (including phenoxy) is 1. The third-order valence-corrected chi connectivity index (χ3v) is 4.49. The Morgan fingerprint density at radius 2 is 2.36 bits per heavy atom. The van der Waals surface area contributed by atoms with Crippen LogP contribution in [-0.4, -0.2) is 42.7 Å². The highest BCUT2D eigenvalue weighted by molar-refractivity contribution is 6.30. The van der Waals surface area contributed by atoms with E-state index in [-0.39, 0.29) is 17.9 Å². The van der Waals surface area contributed by atoms with Crippen LogP contribution in [-0.2, 0) is 0 Å². The van der Waals surface area contributed by atoms with Gasteiger partial charge >= 0.3 is 0 Å². The van der Waals surface area contributed by atoms with Crippen LogP contribution in [0.5, 0.6) is 5.75 Å². The molecule has 0 spiro atoms. The molecular weight excluding hydrogens is 302 g/mol. The number of benzene rings is 1. The standard InChI is InChI=1S/C17H22ClNO3/c1-3-7-17(12-20)8-4-9-19(11-17)16(21)14-6-5-13(18)10-15(14)22-2/h3,5-6,10,20H,1,4,7-9,11-12H2,2H3/t17-/m0/s1. The number of halogens is 1. The van der Waals surface area contributed by atoms with Crippen LogP contribution in [0, 0.1) is 5.41 Å². The molecular formula is C17H22ClNO3. The molecule has 2 rings (SSSR count). The number of carbonyl (C=O) groups excluding carboxylic acids is 1. The zero-order valence-corrected chi connectivity index (χ0v) is 13.6. The number of piperidine rings is 1. The summed E-state index contributed by atoms with van der Waals surface area (Å²) in [4.78, 5) is 14.6. The summed E-state index contributed by atoms with van der Waals surface area (Å²) in [6.45, 7) is 5.03. The van der Waals surface area contributed by atoms with Crippen molar-refractivity contribution < 1.29 is 14.6 Å². The third kappa shape index (κ3) is 3.45. The van der Waals surface area contributed by atoms with E-state index in [1.54, 1.807) is 23.1 Å². The smallest absolute Gasteiger partial charge is 0.257 e. The molecule has 1 aromatic rings. The number of hydrogen-bond acceptors (Lipinski definition) is 3. The fraction of sp³-hybridized carbons (Fsp3) is 0.471. The summed E-state index contributed by atoms with van der Waals surface area (Å²) in [6, 6.07) is 5.01. The minimum Gasteiger partial charge on any atom is -0.496 e. The molecule has 0 aromatic heterocycles. The average molecular weight is 324 g/mol. The van der Waals surface area contributed by atoms with Crippen LogP contribution in [0.2, 0.25) is 5.02 Å². The first-order chi connectivity index (χ1) is 10.5. The zero-order valence-electron chi connectivity index (χ0n) is 12.8. The van der Waals surface area contributed by atoms with E-state index in [0.29, 0.717) is 35.8 Å². The first-order valence-electron chi connectivity index (χ1n) is 7.40. The average Bonchev–Trinajstić information content (AvgIpc) is 2.54. The summed E-state index contributed by atoms with van der Waals surface area (Å²) >= 11 is 5.95. The van der Waals surface area contributed by atoms with Crippen molar-refractivity contribution in [3.05, 3.63) is 41.4 Å². The predicted molar refractivity (Wildman–Crippen MR) is 87.5 cm³/mol. The summed E-state index contributed by atoms with van der Waals surface area (Å²) < 4.78 is 5.27. The van der Waals surface area contributed by atoms with Crippen LogP contribution >= 0.6 is 11.6 Å². The molecule has 1 heterocycles. The van der Waals surface area contributed by atoms with Crippen LogP contribution in [0.15, 0.2) is 30.9 Å². The monoisotopic (exact) mass is 323 g/mol. The van der Waals surface area contributed by atoms with Gasteiger partial charge in [-0.05, 0) is 37.5 Å². The molecule has 22 heavy (non-hydrogen) atoms. The Labute approximate surface area is 136 Å². The Morgan fingerprint density at radius 3 is 3.00 bits per heavy atom. The van der Waals surface area contributed by atoms with Gasteiger partial charge in [0.1, 0.15) is 5.75 Å². The quantitative estimate of drug-likeness (QED) is 0.847. The molecule has 0 aliphatic carbocycles. The molecule has 1 aromatic carbocycles. The van der Waals surface area contributed by atoms with Gasteiger partial charge in [0.05, 0.1) is 19.3 Å². The lowest BCUT2D eigenvalue weighted by Gasteiger charge is -2.41. The SMILES string of the molecule is C=CC[C@]1(CO)CCCN(C(=O)c2ccc(Cl)cc2OC)C1. The van der Waals surface area contributed by atoms with Crippen molar-refractivity contribution in [2.75, 3.05) is 26.8 Å². The first-order valence-corrected chi connectivity index (χ1v) is 7.77. The van der Waals surface area contributed by atoms with Crippen LogP contribution in [0.25, 0.3) is 0 Å². The van der Waals surface area contributed by atoms with E-state index in [0.717, 1.165) is 12.8 Å². The predicted octanol–water partition coefficient (Wildman–Crippen LogP) is 3.14. The van der Waals surface area contributed by atoms with Crippen LogP contribution < -0.4 is 4.74 Å². The van der Waals surface area contributed by atoms with Gasteiger partial charge in [0, 0.05) is 23.5 Å². The highest BCUT2D eigenvalue weighted by Gasteiger charge is 2.36. The molecule has 0 unspecified atom stereocenters. The topological polar surface area (TPSA) is 49.8 Å². The van der Waals surface area contributed by atoms with E-state index in [4.69, 9.17) is 16.3 Å². The molecule has 1 amide bonds. The maximum Gasteiger partial charge on any atom is 0.257 e. The fourth-order valence-corrected chi connectivity index (χ4v) is 3.22. The molecule has 1 fully saturated rings. The lowest BCUT2D eigenvalue weighted by atomic mass is 9.77. The second kappa shape index (κ2) is 7.16. The van der Waals surface area contributed by atoms with Gasteiger partial charge in [0.25, 0.3) is 5.91 Å². The number of rotatable bonds is 5. The number of methoxy groups -OCH3 is 1. The lowest BCUT2D eigenvalue weighted by Crippen LogP contribution is -2.47. The van der Waals surface area contributed by atoms with E-state index in [9.17, 15) is 9.90 Å². The molecule has 5 heteroatoms. The Morgan fingerprint density at radius 1 is 1.59 bits per heavy atom. The van der Waals surface area contributed by atoms with Gasteiger partial charge in [-0.1, -0.05) is 17.7 Å². The number of nitrogens with zero attached hydrogens (tertiary/aromatic N) is 1. The number of amides is 1. The van der Waals surface area contributed by atoms with Crippen LogP contribution in [0.1, 0.15) is 29.6 Å². The van der Waals surface area contributed by atoms with Crippen molar-refractivity contribution in [3.8, 4) is 5.75 Å². The Bertz CT molecular complexity index is 561. The number of allylic oxidation sites excluding steroid dienone is 1. The Balaban J connectivity index is 2.24. The fourth-order valence-electron chi connectivity index (χ4n) is 3.06. The summed E-state index contributed by atoms with van der Waals surface area (Å²) in [5.74, 6) is 0.386. The maximum absolute atomic E-state index is 12.8. The summed E-state index contributed by atoms with van der Waals surface area (Å²) in [5.41, 5.74) is 0.217. The van der Waals surface area contributed by atoms with Gasteiger partial charge < -0.3 is 14.7 Å². The minimum absolute atomic E-state index is 0.0561. The van der Waals surface area contributed by atoms with E-state index in [1.165, 1.54) is 7.11 Å². The summed E-state index contributed by atoms with van der Waals surface area (Å²) in [7, 11) is 1.52. The zero-order chi connectivity index (χ0) is 16.2. The highest BCUT2D eigenvalue weighted by Crippen LogP contribution is 2.35. The third-order valence-electron chi connectivity index (χ3n) is 4.26.